The van der Waals surface area contributed by atoms with Gasteiger partial charge in [-0.15, -0.1) is 0 Å². The number of carboxylic acids is 1. The molecule has 2 aliphatic rings. The molecule has 2 fully saturated rings. The third kappa shape index (κ3) is 7.37. The summed E-state index contributed by atoms with van der Waals surface area (Å²) in [5.41, 5.74) is 9.75. The standard InChI is InChI=1S/C31H35N3O18/c32-30(33)34-5-1-4-31(26(44)22(42)21(41)24(51-31)27(45)46)52-28(47)25-20(40)19(39)23(43)29(50-25)48-11-7-14(37)18-15(38)9-16(49-17(18)8-11)10-2-3-12(35)13(36)6-10/h2-3,6-9,19-26,29,35-37,39-44H,1,4-5H2,(H,45,46)(H4,32,33,34)/t19-,20-,21-,22-,23+,24-,25-,26+,29-,31+/m0/s1. The fourth-order valence-corrected chi connectivity index (χ4v) is 5.69. The molecule has 2 saturated heterocycles. The van der Waals surface area contributed by atoms with Gasteiger partial charge in [-0.2, -0.15) is 0 Å². The van der Waals surface area contributed by atoms with Crippen molar-refractivity contribution >= 4 is 28.9 Å². The van der Waals surface area contributed by atoms with Gasteiger partial charge in [0, 0.05) is 36.7 Å². The molecule has 2 aliphatic heterocycles. The highest BCUT2D eigenvalue weighted by atomic mass is 16.8. The Morgan fingerprint density at radius 3 is 2.19 bits per heavy atom. The number of fused-ring (bicyclic) bond motifs is 1. The van der Waals surface area contributed by atoms with Crippen molar-refractivity contribution in [2.45, 2.75) is 73.8 Å². The maximum atomic E-state index is 13.5. The Balaban J connectivity index is 1.43. The molecule has 14 N–H and O–H groups in total. The van der Waals surface area contributed by atoms with Gasteiger partial charge >= 0.3 is 11.9 Å². The number of benzene rings is 2. The zero-order chi connectivity index (χ0) is 38.2. The van der Waals surface area contributed by atoms with E-state index in [1.807, 2.05) is 0 Å². The first-order valence-corrected chi connectivity index (χ1v) is 15.4. The molecular formula is C31H35N3O18. The van der Waals surface area contributed by atoms with E-state index in [1.54, 1.807) is 0 Å². The first-order chi connectivity index (χ1) is 24.4. The maximum Gasteiger partial charge on any atom is 0.340 e. The summed E-state index contributed by atoms with van der Waals surface area (Å²) in [6.45, 7) is -0.172. The van der Waals surface area contributed by atoms with E-state index in [0.717, 1.165) is 30.3 Å². The van der Waals surface area contributed by atoms with Crippen molar-refractivity contribution in [3.05, 3.63) is 46.6 Å². The van der Waals surface area contributed by atoms with E-state index in [-0.39, 0.29) is 47.0 Å². The van der Waals surface area contributed by atoms with Crippen LogP contribution >= 0.6 is 0 Å². The summed E-state index contributed by atoms with van der Waals surface area (Å²) in [5.74, 6) is -8.64. The number of phenols is 3. The predicted molar refractivity (Wildman–Crippen MR) is 169 cm³/mol. The normalized spacial score (nSPS) is 30.4. The molecule has 0 bridgehead atoms. The lowest BCUT2D eigenvalue weighted by atomic mass is 9.89. The largest absolute Gasteiger partial charge is 0.507 e. The molecule has 3 heterocycles. The molecule has 0 unspecified atom stereocenters. The van der Waals surface area contributed by atoms with Crippen molar-refractivity contribution in [1.82, 2.24) is 0 Å². The van der Waals surface area contributed by atoms with Crippen molar-refractivity contribution < 1.29 is 84.0 Å². The number of carbonyl (C=O) groups excluding carboxylic acids is 1. The number of nitrogens with two attached hydrogens (primary N) is 2. The van der Waals surface area contributed by atoms with Gasteiger partial charge < -0.3 is 85.9 Å². The first kappa shape index (κ1) is 38.0. The summed E-state index contributed by atoms with van der Waals surface area (Å²) in [5, 5.41) is 103. The van der Waals surface area contributed by atoms with E-state index in [4.69, 9.17) is 34.8 Å². The van der Waals surface area contributed by atoms with Gasteiger partial charge in [0.15, 0.2) is 35.1 Å². The number of carbonyl (C=O) groups is 2. The molecule has 3 aromatic rings. The quantitative estimate of drug-likeness (QED) is 0.0317. The zero-order valence-corrected chi connectivity index (χ0v) is 26.6. The molecule has 0 amide bonds. The van der Waals surface area contributed by atoms with Crippen LogP contribution in [0.3, 0.4) is 0 Å². The molecule has 21 nitrogen and oxygen atoms in total. The molecule has 0 radical (unpaired) electrons. The van der Waals surface area contributed by atoms with Crippen molar-refractivity contribution in [3.63, 3.8) is 0 Å². The van der Waals surface area contributed by atoms with E-state index >= 15 is 0 Å². The second-order valence-electron chi connectivity index (χ2n) is 12.0. The third-order valence-electron chi connectivity index (χ3n) is 8.35. The van der Waals surface area contributed by atoms with Crippen LogP contribution in [0.5, 0.6) is 23.0 Å². The number of guanidine groups is 1. The zero-order valence-electron chi connectivity index (χ0n) is 26.6. The Hall–Kier alpha value is -5.26. The van der Waals surface area contributed by atoms with Crippen LogP contribution in [0.1, 0.15) is 12.8 Å². The molecule has 5 rings (SSSR count). The lowest BCUT2D eigenvalue weighted by Gasteiger charge is -2.47. The number of aliphatic hydroxyl groups is 6. The fourth-order valence-electron chi connectivity index (χ4n) is 5.69. The summed E-state index contributed by atoms with van der Waals surface area (Å²) in [4.78, 5) is 41.9. The number of aromatic hydroxyl groups is 3. The molecule has 10 atom stereocenters. The molecule has 21 heteroatoms. The number of hydrogen-bond donors (Lipinski definition) is 12. The van der Waals surface area contributed by atoms with Crippen LogP contribution < -0.4 is 21.6 Å². The monoisotopic (exact) mass is 737 g/mol. The van der Waals surface area contributed by atoms with Crippen molar-refractivity contribution in [2.24, 2.45) is 16.5 Å². The number of nitrogens with zero attached hydrogens (tertiary/aromatic N) is 1. The lowest BCUT2D eigenvalue weighted by Crippen LogP contribution is -2.68. The number of phenolic OH excluding ortho intramolecular Hbond substituents is 3. The minimum atomic E-state index is -2.73. The number of carboxylic acid groups (broad SMARTS) is 1. The maximum absolute atomic E-state index is 13.5. The molecule has 52 heavy (non-hydrogen) atoms. The van der Waals surface area contributed by atoms with Gasteiger partial charge in [-0.05, 0) is 24.6 Å². The SMILES string of the molecule is NC(N)=NCCC[C@]1(OC(=O)[C@H]2O[C@H](Oc3cc(O)c4c(=O)cc(-c5ccc(O)c(O)c5)oc4c3)[C@H](O)[C@@H](O)[C@@H]2O)O[C@H](C(=O)O)[C@@H](O)[C@H](O)[C@H]1O. The van der Waals surface area contributed by atoms with E-state index in [2.05, 4.69) is 4.99 Å². The number of ether oxygens (including phenoxy) is 4. The number of aliphatic carboxylic acids is 1. The fraction of sp³-hybridized carbons (Fsp3) is 0.419. The minimum Gasteiger partial charge on any atom is -0.507 e. The summed E-state index contributed by atoms with van der Waals surface area (Å²) in [6, 6.07) is 6.55. The van der Waals surface area contributed by atoms with Gasteiger partial charge in [0.25, 0.3) is 0 Å². The highest BCUT2D eigenvalue weighted by Gasteiger charge is 2.59. The van der Waals surface area contributed by atoms with E-state index in [1.165, 1.54) is 6.07 Å². The smallest absolute Gasteiger partial charge is 0.340 e. The van der Waals surface area contributed by atoms with Crippen LogP contribution in [0, 0.1) is 0 Å². The van der Waals surface area contributed by atoms with Crippen LogP contribution in [0.25, 0.3) is 22.3 Å². The van der Waals surface area contributed by atoms with Crippen molar-refractivity contribution in [3.8, 4) is 34.3 Å². The number of aliphatic imine (C=N–C) groups is 1. The number of esters is 1. The van der Waals surface area contributed by atoms with Gasteiger partial charge in [-0.3, -0.25) is 9.79 Å². The molecular weight excluding hydrogens is 702 g/mol. The Kier molecular flexibility index (Phi) is 10.8. The highest BCUT2D eigenvalue weighted by Crippen LogP contribution is 2.38. The second kappa shape index (κ2) is 14.8. The van der Waals surface area contributed by atoms with Gasteiger partial charge in [0.05, 0.1) is 0 Å². The van der Waals surface area contributed by atoms with Crippen LogP contribution in [0.2, 0.25) is 0 Å². The Labute approximate surface area is 290 Å². The topological polar surface area (TPSA) is 368 Å². The van der Waals surface area contributed by atoms with Gasteiger partial charge in [0.1, 0.15) is 64.9 Å². The molecule has 1 aromatic heterocycles. The average Bonchev–Trinajstić information content (AvgIpc) is 3.08. The third-order valence-corrected chi connectivity index (χ3v) is 8.35. The minimum absolute atomic E-state index is 0.109. The van der Waals surface area contributed by atoms with E-state index in [9.17, 15) is 65.4 Å². The van der Waals surface area contributed by atoms with Crippen molar-refractivity contribution in [1.29, 1.82) is 0 Å². The molecule has 0 saturated carbocycles. The van der Waals surface area contributed by atoms with Crippen LogP contribution in [0.15, 0.2) is 50.6 Å². The summed E-state index contributed by atoms with van der Waals surface area (Å²) >= 11 is 0. The van der Waals surface area contributed by atoms with E-state index in [0.29, 0.717) is 0 Å². The second-order valence-corrected chi connectivity index (χ2v) is 12.0. The summed E-state index contributed by atoms with van der Waals surface area (Å²) in [6.07, 6.45) is -20.6. The number of aliphatic hydroxyl groups excluding tert-OH is 6. The van der Waals surface area contributed by atoms with Gasteiger partial charge in [-0.1, -0.05) is 0 Å². The Bertz CT molecular complexity index is 1920. The van der Waals surface area contributed by atoms with Gasteiger partial charge in [0.2, 0.25) is 12.1 Å². The predicted octanol–water partition coefficient (Wildman–Crippen LogP) is -3.38. The summed E-state index contributed by atoms with van der Waals surface area (Å²) < 4.78 is 27.4. The van der Waals surface area contributed by atoms with Crippen LogP contribution in [-0.2, 0) is 23.8 Å². The molecule has 2 aromatic carbocycles. The molecule has 282 valence electrons. The summed E-state index contributed by atoms with van der Waals surface area (Å²) in [7, 11) is 0. The van der Waals surface area contributed by atoms with Crippen LogP contribution in [-0.4, -0.2) is 136 Å². The molecule has 0 spiro atoms. The average molecular weight is 738 g/mol. The van der Waals surface area contributed by atoms with E-state index < -0.39 is 102 Å². The lowest BCUT2D eigenvalue weighted by molar-refractivity contribution is -0.353. The highest BCUT2D eigenvalue weighted by molar-refractivity contribution is 5.86. The Morgan fingerprint density at radius 2 is 1.54 bits per heavy atom. The van der Waals surface area contributed by atoms with Gasteiger partial charge in [-0.25, -0.2) is 9.59 Å². The number of hydrogen-bond acceptors (Lipinski definition) is 18. The Morgan fingerprint density at radius 1 is 0.846 bits per heavy atom. The van der Waals surface area contributed by atoms with Crippen LogP contribution in [0.4, 0.5) is 0 Å². The number of rotatable bonds is 10. The van der Waals surface area contributed by atoms with Crippen molar-refractivity contribution in [2.75, 3.05) is 6.54 Å². The first-order valence-electron chi connectivity index (χ1n) is 15.4. The molecule has 0 aliphatic carbocycles.